The molecule has 1 heterocycles. The molecule has 3 aromatic carbocycles. The standard InChI is InChI=1S/C25H19ClN2O4S/c1-2-31-20-14-16(15-27-28-24(29)17-8-4-3-5-9-17)12-13-19(20)32-25(30)23-22(26)18-10-6-7-11-21(18)33-23/h3-15H,2H2,1H3,(H,28,29)/b27-15-. The number of fused-ring (bicyclic) bond motifs is 1. The van der Waals surface area contributed by atoms with Crippen molar-refractivity contribution in [2.45, 2.75) is 6.92 Å². The normalized spacial score (nSPS) is 11.0. The number of hydrogen-bond donors (Lipinski definition) is 1. The van der Waals surface area contributed by atoms with Crippen molar-refractivity contribution in [1.82, 2.24) is 5.43 Å². The number of halogens is 1. The van der Waals surface area contributed by atoms with E-state index in [1.54, 1.807) is 42.5 Å². The van der Waals surface area contributed by atoms with Crippen molar-refractivity contribution in [1.29, 1.82) is 0 Å². The first-order valence-corrected chi connectivity index (χ1v) is 11.3. The van der Waals surface area contributed by atoms with Crippen LogP contribution in [-0.2, 0) is 0 Å². The van der Waals surface area contributed by atoms with Crippen molar-refractivity contribution in [3.05, 3.63) is 93.8 Å². The number of nitrogens with one attached hydrogen (secondary N) is 1. The predicted octanol–water partition coefficient (Wildman–Crippen LogP) is 5.94. The van der Waals surface area contributed by atoms with Gasteiger partial charge in [-0.05, 0) is 48.9 Å². The summed E-state index contributed by atoms with van der Waals surface area (Å²) in [5, 5.41) is 5.17. The fourth-order valence-electron chi connectivity index (χ4n) is 3.07. The summed E-state index contributed by atoms with van der Waals surface area (Å²) in [4.78, 5) is 25.2. The number of benzene rings is 3. The number of thiophene rings is 1. The number of amides is 1. The van der Waals surface area contributed by atoms with Crippen molar-refractivity contribution in [3.63, 3.8) is 0 Å². The van der Waals surface area contributed by atoms with E-state index in [0.717, 1.165) is 10.1 Å². The molecular weight excluding hydrogens is 460 g/mol. The van der Waals surface area contributed by atoms with Crippen molar-refractivity contribution in [3.8, 4) is 11.5 Å². The van der Waals surface area contributed by atoms with Crippen LogP contribution < -0.4 is 14.9 Å². The largest absolute Gasteiger partial charge is 0.490 e. The van der Waals surface area contributed by atoms with Gasteiger partial charge >= 0.3 is 5.97 Å². The minimum atomic E-state index is -0.557. The number of esters is 1. The van der Waals surface area contributed by atoms with Crippen molar-refractivity contribution < 1.29 is 19.1 Å². The van der Waals surface area contributed by atoms with E-state index in [1.165, 1.54) is 17.6 Å². The van der Waals surface area contributed by atoms with E-state index in [-0.39, 0.29) is 11.7 Å². The second-order valence-electron chi connectivity index (χ2n) is 6.84. The fourth-order valence-corrected chi connectivity index (χ4v) is 4.45. The molecule has 6 nitrogen and oxygen atoms in total. The molecule has 8 heteroatoms. The molecule has 0 fully saturated rings. The first kappa shape index (κ1) is 22.5. The van der Waals surface area contributed by atoms with E-state index in [4.69, 9.17) is 21.1 Å². The van der Waals surface area contributed by atoms with Crippen LogP contribution in [0.3, 0.4) is 0 Å². The van der Waals surface area contributed by atoms with E-state index in [1.807, 2.05) is 37.3 Å². The van der Waals surface area contributed by atoms with E-state index < -0.39 is 5.97 Å². The van der Waals surface area contributed by atoms with Gasteiger partial charge in [-0.3, -0.25) is 4.79 Å². The van der Waals surface area contributed by atoms with Crippen LogP contribution in [-0.4, -0.2) is 24.7 Å². The Hall–Kier alpha value is -3.68. The Morgan fingerprint density at radius 1 is 1.03 bits per heavy atom. The van der Waals surface area contributed by atoms with Crippen LogP contribution in [0, 0.1) is 0 Å². The van der Waals surface area contributed by atoms with E-state index >= 15 is 0 Å². The molecule has 166 valence electrons. The number of hydrazone groups is 1. The lowest BCUT2D eigenvalue weighted by molar-refractivity contribution is 0.0733. The zero-order valence-corrected chi connectivity index (χ0v) is 19.2. The summed E-state index contributed by atoms with van der Waals surface area (Å²) < 4.78 is 12.1. The number of ether oxygens (including phenoxy) is 2. The number of nitrogens with zero attached hydrogens (tertiary/aromatic N) is 1. The maximum absolute atomic E-state index is 12.8. The zero-order chi connectivity index (χ0) is 23.2. The van der Waals surface area contributed by atoms with Crippen molar-refractivity contribution in [2.75, 3.05) is 6.61 Å². The number of rotatable bonds is 7. The van der Waals surface area contributed by atoms with Crippen LogP contribution in [0.4, 0.5) is 0 Å². The molecule has 0 saturated heterocycles. The highest BCUT2D eigenvalue weighted by atomic mass is 35.5. The van der Waals surface area contributed by atoms with Gasteiger partial charge in [-0.2, -0.15) is 5.10 Å². The Morgan fingerprint density at radius 3 is 2.55 bits per heavy atom. The Kier molecular flexibility index (Phi) is 7.02. The van der Waals surface area contributed by atoms with Gasteiger partial charge in [0.05, 0.1) is 17.8 Å². The van der Waals surface area contributed by atoms with Crippen LogP contribution in [0.1, 0.15) is 32.5 Å². The summed E-state index contributed by atoms with van der Waals surface area (Å²) in [6, 6.07) is 21.3. The summed E-state index contributed by atoms with van der Waals surface area (Å²) in [5.74, 6) is -0.233. The molecular formula is C25H19ClN2O4S. The third kappa shape index (κ3) is 5.22. The van der Waals surface area contributed by atoms with Crippen LogP contribution >= 0.6 is 22.9 Å². The molecule has 0 saturated carbocycles. The molecule has 0 aliphatic heterocycles. The van der Waals surface area contributed by atoms with Crippen molar-refractivity contribution in [2.24, 2.45) is 5.10 Å². The molecule has 0 aliphatic rings. The van der Waals surface area contributed by atoms with Crippen LogP contribution in [0.5, 0.6) is 11.5 Å². The maximum atomic E-state index is 12.8. The summed E-state index contributed by atoms with van der Waals surface area (Å²) in [6.07, 6.45) is 1.48. The first-order valence-electron chi connectivity index (χ1n) is 10.1. The van der Waals surface area contributed by atoms with Crippen molar-refractivity contribution >= 4 is 51.1 Å². The topological polar surface area (TPSA) is 77.0 Å². The third-order valence-electron chi connectivity index (χ3n) is 4.61. The Balaban J connectivity index is 1.50. The molecule has 0 radical (unpaired) electrons. The monoisotopic (exact) mass is 478 g/mol. The average Bonchev–Trinajstić information content (AvgIpc) is 3.18. The lowest BCUT2D eigenvalue weighted by atomic mass is 10.2. The van der Waals surface area contributed by atoms with Gasteiger partial charge in [0.25, 0.3) is 5.91 Å². The predicted molar refractivity (Wildman–Crippen MR) is 131 cm³/mol. The molecule has 0 aliphatic carbocycles. The van der Waals surface area contributed by atoms with Gasteiger partial charge in [-0.25, -0.2) is 10.2 Å². The van der Waals surface area contributed by atoms with Gasteiger partial charge in [0.15, 0.2) is 11.5 Å². The third-order valence-corrected chi connectivity index (χ3v) is 6.26. The van der Waals surface area contributed by atoms with E-state index in [0.29, 0.717) is 33.4 Å². The van der Waals surface area contributed by atoms with Gasteiger partial charge in [0, 0.05) is 15.6 Å². The molecule has 0 atom stereocenters. The zero-order valence-electron chi connectivity index (χ0n) is 17.6. The number of carbonyl (C=O) groups excluding carboxylic acids is 2. The molecule has 4 rings (SSSR count). The van der Waals surface area contributed by atoms with Gasteiger partial charge in [0.2, 0.25) is 0 Å². The van der Waals surface area contributed by atoms with Gasteiger partial charge in [-0.15, -0.1) is 11.3 Å². The molecule has 0 bridgehead atoms. The second-order valence-corrected chi connectivity index (χ2v) is 8.27. The van der Waals surface area contributed by atoms with Crippen LogP contribution in [0.25, 0.3) is 10.1 Å². The highest BCUT2D eigenvalue weighted by Gasteiger charge is 2.20. The molecule has 0 spiro atoms. The fraction of sp³-hybridized carbons (Fsp3) is 0.0800. The summed E-state index contributed by atoms with van der Waals surface area (Å²) in [7, 11) is 0. The minimum Gasteiger partial charge on any atom is -0.490 e. The first-order chi connectivity index (χ1) is 16.1. The summed E-state index contributed by atoms with van der Waals surface area (Å²) in [6.45, 7) is 2.20. The SMILES string of the molecule is CCOc1cc(/C=N\NC(=O)c2ccccc2)ccc1OC(=O)c1sc2ccccc2c1Cl. The average molecular weight is 479 g/mol. The highest BCUT2D eigenvalue weighted by Crippen LogP contribution is 2.37. The smallest absolute Gasteiger partial charge is 0.355 e. The maximum Gasteiger partial charge on any atom is 0.355 e. The molecule has 4 aromatic rings. The van der Waals surface area contributed by atoms with E-state index in [2.05, 4.69) is 10.5 Å². The number of hydrogen-bond acceptors (Lipinski definition) is 6. The highest BCUT2D eigenvalue weighted by molar-refractivity contribution is 7.21. The second kappa shape index (κ2) is 10.3. The minimum absolute atomic E-state index is 0.265. The van der Waals surface area contributed by atoms with Gasteiger partial charge < -0.3 is 9.47 Å². The molecule has 1 aromatic heterocycles. The molecule has 0 unspecified atom stereocenters. The molecule has 33 heavy (non-hydrogen) atoms. The van der Waals surface area contributed by atoms with Crippen LogP contribution in [0.15, 0.2) is 77.9 Å². The summed E-state index contributed by atoms with van der Waals surface area (Å²) in [5.41, 5.74) is 3.64. The summed E-state index contributed by atoms with van der Waals surface area (Å²) >= 11 is 7.67. The Morgan fingerprint density at radius 2 is 1.79 bits per heavy atom. The van der Waals surface area contributed by atoms with Gasteiger partial charge in [-0.1, -0.05) is 48.0 Å². The van der Waals surface area contributed by atoms with E-state index in [9.17, 15) is 9.59 Å². The number of carbonyl (C=O) groups is 2. The quantitative estimate of drug-likeness (QED) is 0.154. The lowest BCUT2D eigenvalue weighted by Crippen LogP contribution is -2.17. The Labute approximate surface area is 199 Å². The van der Waals surface area contributed by atoms with Gasteiger partial charge in [0.1, 0.15) is 4.88 Å². The molecule has 1 N–H and O–H groups in total. The Bertz CT molecular complexity index is 1340. The molecule has 1 amide bonds. The van der Waals surface area contributed by atoms with Crippen LogP contribution in [0.2, 0.25) is 5.02 Å². The lowest BCUT2D eigenvalue weighted by Gasteiger charge is -2.11.